The minimum Gasteiger partial charge on any atom is -0.369 e. The number of rotatable bonds is 3. The van der Waals surface area contributed by atoms with Crippen LogP contribution in [-0.2, 0) is 6.54 Å². The van der Waals surface area contributed by atoms with Crippen molar-refractivity contribution in [3.05, 3.63) is 47.7 Å². The van der Waals surface area contributed by atoms with Crippen LogP contribution < -0.4 is 11.1 Å². The quantitative estimate of drug-likeness (QED) is 0.900. The standard InChI is InChI=1S/C15H15F2N5.CHN/c1-15(16,17)14-8-19-7-13(22-14)11-3-2-9-6-20-10(5-18)4-12(9)21-11;1-2/h2-4,6-8,13,22H,5,18H2,1H3;1H. The molecule has 6 nitrogen and oxygen atoms in total. The summed E-state index contributed by atoms with van der Waals surface area (Å²) in [6, 6.07) is 4.92. The van der Waals surface area contributed by atoms with E-state index in [2.05, 4.69) is 26.8 Å². The summed E-state index contributed by atoms with van der Waals surface area (Å²) in [6.07, 6.45) is 4.38. The molecule has 0 radical (unpaired) electrons. The lowest BCUT2D eigenvalue weighted by Crippen LogP contribution is -2.33. The van der Waals surface area contributed by atoms with E-state index >= 15 is 0 Å². The van der Waals surface area contributed by atoms with Gasteiger partial charge in [0.2, 0.25) is 0 Å². The van der Waals surface area contributed by atoms with Crippen LogP contribution in [0.1, 0.15) is 24.4 Å². The molecule has 0 aliphatic carbocycles. The zero-order chi connectivity index (χ0) is 17.7. The fraction of sp³-hybridized carbons (Fsp3) is 0.250. The molecule has 3 rings (SSSR count). The summed E-state index contributed by atoms with van der Waals surface area (Å²) in [5, 5.41) is 10.1. The van der Waals surface area contributed by atoms with Crippen LogP contribution in [0, 0.1) is 11.8 Å². The van der Waals surface area contributed by atoms with Gasteiger partial charge in [0.15, 0.2) is 0 Å². The molecule has 2 aromatic rings. The SMILES string of the molecule is C#N.CC(F)(F)C1=CN=CC(c2ccc3cnc(CN)cc3n2)N1. The first-order chi connectivity index (χ1) is 11.5. The molecule has 0 saturated heterocycles. The molecular weight excluding hydrogens is 314 g/mol. The number of halogens is 2. The first-order valence-electron chi connectivity index (χ1n) is 7.07. The number of alkyl halides is 2. The highest BCUT2D eigenvalue weighted by Crippen LogP contribution is 2.26. The van der Waals surface area contributed by atoms with Crippen molar-refractivity contribution >= 4 is 17.1 Å². The van der Waals surface area contributed by atoms with E-state index in [0.717, 1.165) is 29.7 Å². The van der Waals surface area contributed by atoms with Crippen LogP contribution in [0.15, 0.2) is 41.3 Å². The highest BCUT2D eigenvalue weighted by molar-refractivity contribution is 5.79. The Balaban J connectivity index is 0.00000100. The van der Waals surface area contributed by atoms with Crippen LogP contribution in [0.25, 0.3) is 10.9 Å². The third-order valence-electron chi connectivity index (χ3n) is 3.40. The van der Waals surface area contributed by atoms with Crippen LogP contribution >= 0.6 is 0 Å². The molecule has 1 unspecified atom stereocenters. The number of hydrogen-bond acceptors (Lipinski definition) is 6. The monoisotopic (exact) mass is 330 g/mol. The Morgan fingerprint density at radius 2 is 2.12 bits per heavy atom. The van der Waals surface area contributed by atoms with Crippen LogP contribution in [-0.4, -0.2) is 22.1 Å². The molecule has 0 fully saturated rings. The van der Waals surface area contributed by atoms with Gasteiger partial charge in [-0.05, 0) is 18.2 Å². The third-order valence-corrected chi connectivity index (χ3v) is 3.40. The van der Waals surface area contributed by atoms with Crippen LogP contribution in [0.5, 0.6) is 0 Å². The van der Waals surface area contributed by atoms with Gasteiger partial charge in [0, 0.05) is 37.8 Å². The first-order valence-corrected chi connectivity index (χ1v) is 7.07. The van der Waals surface area contributed by atoms with E-state index in [1.54, 1.807) is 24.5 Å². The van der Waals surface area contributed by atoms with E-state index in [4.69, 9.17) is 11.0 Å². The van der Waals surface area contributed by atoms with Crippen LogP contribution in [0.2, 0.25) is 0 Å². The molecule has 0 saturated carbocycles. The van der Waals surface area contributed by atoms with Crippen molar-refractivity contribution in [2.45, 2.75) is 25.4 Å². The van der Waals surface area contributed by atoms with Crippen molar-refractivity contribution in [1.29, 1.82) is 5.26 Å². The molecule has 0 spiro atoms. The molecule has 1 atom stereocenters. The maximum Gasteiger partial charge on any atom is 0.286 e. The van der Waals surface area contributed by atoms with Gasteiger partial charge in [0.05, 0.1) is 28.8 Å². The van der Waals surface area contributed by atoms with Crippen molar-refractivity contribution < 1.29 is 8.78 Å². The maximum atomic E-state index is 13.4. The number of aromatic nitrogens is 2. The van der Waals surface area contributed by atoms with E-state index < -0.39 is 12.0 Å². The fourth-order valence-electron chi connectivity index (χ4n) is 2.19. The zero-order valence-electron chi connectivity index (χ0n) is 12.9. The fourth-order valence-corrected chi connectivity index (χ4v) is 2.19. The molecule has 3 heterocycles. The second-order valence-electron chi connectivity index (χ2n) is 5.16. The molecule has 0 bridgehead atoms. The Hall–Kier alpha value is -2.92. The average Bonchev–Trinajstić information content (AvgIpc) is 2.62. The van der Waals surface area contributed by atoms with Gasteiger partial charge in [0.1, 0.15) is 6.04 Å². The minimum atomic E-state index is -2.97. The van der Waals surface area contributed by atoms with Crippen molar-refractivity contribution in [1.82, 2.24) is 15.3 Å². The molecule has 124 valence electrons. The molecule has 0 aromatic carbocycles. The lowest BCUT2D eigenvalue weighted by Gasteiger charge is -2.24. The third kappa shape index (κ3) is 3.70. The predicted octanol–water partition coefficient (Wildman–Crippen LogP) is 2.44. The summed E-state index contributed by atoms with van der Waals surface area (Å²) in [5.41, 5.74) is 7.41. The summed E-state index contributed by atoms with van der Waals surface area (Å²) >= 11 is 0. The van der Waals surface area contributed by atoms with Crippen LogP contribution in [0.4, 0.5) is 8.78 Å². The molecule has 8 heteroatoms. The van der Waals surface area contributed by atoms with Crippen molar-refractivity contribution in [2.75, 3.05) is 0 Å². The molecule has 3 N–H and O–H groups in total. The highest BCUT2D eigenvalue weighted by Gasteiger charge is 2.31. The topological polar surface area (TPSA) is 100.0 Å². The number of hydrogen-bond donors (Lipinski definition) is 2. The number of nitriles is 1. The van der Waals surface area contributed by atoms with E-state index in [1.807, 2.05) is 6.07 Å². The Morgan fingerprint density at radius 1 is 1.38 bits per heavy atom. The molecule has 0 amide bonds. The number of nitrogens with two attached hydrogens (primary N) is 1. The van der Waals surface area contributed by atoms with Crippen molar-refractivity contribution in [2.24, 2.45) is 10.7 Å². The number of nitrogens with one attached hydrogen (secondary N) is 1. The Kier molecular flexibility index (Phi) is 5.16. The number of nitrogens with zero attached hydrogens (tertiary/aromatic N) is 4. The lowest BCUT2D eigenvalue weighted by molar-refractivity contribution is 0.0541. The Morgan fingerprint density at radius 3 is 2.79 bits per heavy atom. The maximum absolute atomic E-state index is 13.4. The number of fused-ring (bicyclic) bond motifs is 1. The van der Waals surface area contributed by atoms with Gasteiger partial charge < -0.3 is 11.1 Å². The van der Waals surface area contributed by atoms with E-state index in [9.17, 15) is 8.78 Å². The second kappa shape index (κ2) is 7.10. The Labute approximate surface area is 137 Å². The summed E-state index contributed by atoms with van der Waals surface area (Å²) < 4.78 is 26.8. The van der Waals surface area contributed by atoms with Gasteiger partial charge in [-0.3, -0.25) is 15.0 Å². The molecule has 24 heavy (non-hydrogen) atoms. The number of allylic oxidation sites excluding steroid dienone is 1. The average molecular weight is 330 g/mol. The number of pyridine rings is 2. The molecular formula is C16H16F2N6. The normalized spacial score (nSPS) is 16.8. The molecule has 1 aliphatic heterocycles. The van der Waals surface area contributed by atoms with E-state index in [-0.39, 0.29) is 5.70 Å². The van der Waals surface area contributed by atoms with Gasteiger partial charge >= 0.3 is 0 Å². The van der Waals surface area contributed by atoms with Crippen molar-refractivity contribution in [3.8, 4) is 6.57 Å². The molecule has 2 aromatic heterocycles. The number of aliphatic imine (C=N–C) groups is 1. The summed E-state index contributed by atoms with van der Waals surface area (Å²) in [6.45, 7) is 4.65. The lowest BCUT2D eigenvalue weighted by atomic mass is 10.1. The van der Waals surface area contributed by atoms with Gasteiger partial charge in [-0.1, -0.05) is 0 Å². The Bertz CT molecular complexity index is 807. The minimum absolute atomic E-state index is 0.223. The summed E-state index contributed by atoms with van der Waals surface area (Å²) in [4.78, 5) is 12.6. The van der Waals surface area contributed by atoms with Gasteiger partial charge in [0.25, 0.3) is 5.92 Å². The largest absolute Gasteiger partial charge is 0.369 e. The van der Waals surface area contributed by atoms with Crippen molar-refractivity contribution in [3.63, 3.8) is 0 Å². The smallest absolute Gasteiger partial charge is 0.286 e. The first kappa shape index (κ1) is 17.4. The highest BCUT2D eigenvalue weighted by atomic mass is 19.3. The van der Waals surface area contributed by atoms with Gasteiger partial charge in [-0.25, -0.2) is 5.26 Å². The molecule has 1 aliphatic rings. The zero-order valence-corrected chi connectivity index (χ0v) is 12.9. The van der Waals surface area contributed by atoms with E-state index in [1.165, 1.54) is 0 Å². The summed E-state index contributed by atoms with van der Waals surface area (Å²) in [7, 11) is 0. The van der Waals surface area contributed by atoms with Gasteiger partial charge in [-0.2, -0.15) is 8.78 Å². The second-order valence-corrected chi connectivity index (χ2v) is 5.16. The van der Waals surface area contributed by atoms with E-state index in [0.29, 0.717) is 12.2 Å². The van der Waals surface area contributed by atoms with Gasteiger partial charge in [-0.15, -0.1) is 0 Å². The predicted molar refractivity (Wildman–Crippen MR) is 87.2 cm³/mol. The van der Waals surface area contributed by atoms with Crippen LogP contribution in [0.3, 0.4) is 0 Å². The summed E-state index contributed by atoms with van der Waals surface area (Å²) in [5.74, 6) is -2.97.